The molecule has 6 heteroatoms. The maximum atomic E-state index is 11.8. The number of urea groups is 1. The summed E-state index contributed by atoms with van der Waals surface area (Å²) in [5, 5.41) is 14.6. The van der Waals surface area contributed by atoms with E-state index in [2.05, 4.69) is 10.6 Å². The van der Waals surface area contributed by atoms with Crippen molar-refractivity contribution >= 4 is 11.9 Å². The van der Waals surface area contributed by atoms with Crippen LogP contribution in [0.5, 0.6) is 0 Å². The number of rotatable bonds is 7. The van der Waals surface area contributed by atoms with Crippen molar-refractivity contribution in [3.8, 4) is 0 Å². The zero-order valence-corrected chi connectivity index (χ0v) is 11.6. The van der Waals surface area contributed by atoms with Crippen molar-refractivity contribution in [2.75, 3.05) is 6.54 Å². The smallest absolute Gasteiger partial charge is 0.312 e. The molecule has 0 aromatic rings. The molecule has 0 fully saturated rings. The molecule has 6 nitrogen and oxygen atoms in total. The minimum Gasteiger partial charge on any atom is -0.391 e. The molecule has 0 aliphatic rings. The van der Waals surface area contributed by atoms with E-state index in [1.165, 1.54) is 0 Å². The first-order valence-electron chi connectivity index (χ1n) is 6.25. The number of nitrogens with one attached hydrogen (secondary N) is 2. The highest BCUT2D eigenvalue weighted by Crippen LogP contribution is 2.05. The normalized spacial score (nSPS) is 14.4. The molecule has 18 heavy (non-hydrogen) atoms. The number of aliphatic hydroxyl groups excluding tert-OH is 1. The van der Waals surface area contributed by atoms with Gasteiger partial charge in [-0.25, -0.2) is 4.79 Å². The van der Waals surface area contributed by atoms with E-state index < -0.39 is 18.2 Å². The second-order valence-electron chi connectivity index (χ2n) is 5.25. The van der Waals surface area contributed by atoms with E-state index in [0.717, 1.165) is 0 Å². The molecule has 0 aliphatic carbocycles. The van der Waals surface area contributed by atoms with Crippen LogP contribution in [0.1, 0.15) is 34.1 Å². The number of hydrogen-bond acceptors (Lipinski definition) is 3. The van der Waals surface area contributed by atoms with Gasteiger partial charge in [0.15, 0.2) is 0 Å². The van der Waals surface area contributed by atoms with Crippen LogP contribution in [0.15, 0.2) is 0 Å². The largest absolute Gasteiger partial charge is 0.391 e. The molecule has 0 aromatic heterocycles. The molecule has 3 amide bonds. The van der Waals surface area contributed by atoms with Gasteiger partial charge in [0.05, 0.1) is 6.10 Å². The summed E-state index contributed by atoms with van der Waals surface area (Å²) in [7, 11) is 0. The predicted molar refractivity (Wildman–Crippen MR) is 69.8 cm³/mol. The van der Waals surface area contributed by atoms with Gasteiger partial charge in [-0.2, -0.15) is 0 Å². The summed E-state index contributed by atoms with van der Waals surface area (Å²) in [4.78, 5) is 22.7. The van der Waals surface area contributed by atoms with Crippen molar-refractivity contribution in [2.24, 2.45) is 17.6 Å². The second kappa shape index (κ2) is 7.92. The third kappa shape index (κ3) is 7.11. The third-order valence-electron chi connectivity index (χ3n) is 2.60. The van der Waals surface area contributed by atoms with Crippen LogP contribution in [0.25, 0.3) is 0 Å². The average molecular weight is 259 g/mol. The van der Waals surface area contributed by atoms with Crippen LogP contribution in [-0.2, 0) is 4.79 Å². The molecule has 0 saturated heterocycles. The fourth-order valence-corrected chi connectivity index (χ4v) is 1.44. The standard InChI is InChI=1S/C12H25N3O3/c1-7(2)5-9(15-12(13)18)11(17)14-6-10(16)8(3)4/h7-10,16H,5-6H2,1-4H3,(H,14,17)(H3,13,15,18). The Kier molecular flexibility index (Phi) is 7.35. The molecule has 0 aromatic carbocycles. The molecule has 0 spiro atoms. The SMILES string of the molecule is CC(C)CC(NC(N)=O)C(=O)NCC(O)C(C)C. The molecule has 0 bridgehead atoms. The first kappa shape index (κ1) is 16.7. The van der Waals surface area contributed by atoms with Gasteiger partial charge in [0, 0.05) is 6.54 Å². The molecule has 2 atom stereocenters. The summed E-state index contributed by atoms with van der Waals surface area (Å²) in [5.41, 5.74) is 5.03. The first-order chi connectivity index (χ1) is 8.23. The van der Waals surface area contributed by atoms with E-state index in [1.807, 2.05) is 27.7 Å². The Morgan fingerprint density at radius 3 is 2.17 bits per heavy atom. The third-order valence-corrected chi connectivity index (χ3v) is 2.60. The lowest BCUT2D eigenvalue weighted by molar-refractivity contribution is -0.123. The molecule has 0 saturated carbocycles. The van der Waals surface area contributed by atoms with Crippen LogP contribution in [0.2, 0.25) is 0 Å². The minimum absolute atomic E-state index is 0.0675. The molecule has 0 rings (SSSR count). The van der Waals surface area contributed by atoms with Gasteiger partial charge in [-0.1, -0.05) is 27.7 Å². The van der Waals surface area contributed by atoms with E-state index in [1.54, 1.807) is 0 Å². The molecule has 0 heterocycles. The van der Waals surface area contributed by atoms with Gasteiger partial charge in [-0.15, -0.1) is 0 Å². The number of amides is 3. The maximum Gasteiger partial charge on any atom is 0.312 e. The Morgan fingerprint density at radius 1 is 1.22 bits per heavy atom. The van der Waals surface area contributed by atoms with Crippen LogP contribution < -0.4 is 16.4 Å². The molecule has 0 aliphatic heterocycles. The highest BCUT2D eigenvalue weighted by atomic mass is 16.3. The van der Waals surface area contributed by atoms with Crippen LogP contribution in [0.3, 0.4) is 0 Å². The van der Waals surface area contributed by atoms with Gasteiger partial charge in [0.2, 0.25) is 5.91 Å². The lowest BCUT2D eigenvalue weighted by Gasteiger charge is -2.21. The fraction of sp³-hybridized carbons (Fsp3) is 0.833. The lowest BCUT2D eigenvalue weighted by atomic mass is 10.0. The van der Waals surface area contributed by atoms with Gasteiger partial charge >= 0.3 is 6.03 Å². The Morgan fingerprint density at radius 2 is 1.78 bits per heavy atom. The summed E-state index contributed by atoms with van der Waals surface area (Å²) in [6.45, 7) is 7.80. The number of primary amides is 1. The van der Waals surface area contributed by atoms with E-state index in [4.69, 9.17) is 5.73 Å². The van der Waals surface area contributed by atoms with Crippen molar-refractivity contribution in [1.82, 2.24) is 10.6 Å². The van der Waals surface area contributed by atoms with Gasteiger partial charge in [0.25, 0.3) is 0 Å². The van der Waals surface area contributed by atoms with Crippen molar-refractivity contribution in [2.45, 2.75) is 46.3 Å². The number of nitrogens with two attached hydrogens (primary N) is 1. The summed E-state index contributed by atoms with van der Waals surface area (Å²) < 4.78 is 0. The monoisotopic (exact) mass is 259 g/mol. The van der Waals surface area contributed by atoms with Crippen LogP contribution >= 0.6 is 0 Å². The minimum atomic E-state index is -0.722. The first-order valence-corrected chi connectivity index (χ1v) is 6.25. The fourth-order valence-electron chi connectivity index (χ4n) is 1.44. The lowest BCUT2D eigenvalue weighted by Crippen LogP contribution is -2.50. The van der Waals surface area contributed by atoms with E-state index in [9.17, 15) is 14.7 Å². The van der Waals surface area contributed by atoms with Gasteiger partial charge < -0.3 is 21.5 Å². The average Bonchev–Trinajstić information content (AvgIpc) is 2.22. The molecule has 106 valence electrons. The quantitative estimate of drug-likeness (QED) is 0.525. The Labute approximate surface area is 108 Å². The second-order valence-corrected chi connectivity index (χ2v) is 5.25. The van der Waals surface area contributed by atoms with Crippen LogP contribution in [0.4, 0.5) is 4.79 Å². The summed E-state index contributed by atoms with van der Waals surface area (Å²) in [6.07, 6.45) is -0.0887. The number of carbonyl (C=O) groups is 2. The van der Waals surface area contributed by atoms with E-state index in [-0.39, 0.29) is 24.3 Å². The molecule has 5 N–H and O–H groups in total. The Balaban J connectivity index is 4.33. The Hall–Kier alpha value is -1.30. The van der Waals surface area contributed by atoms with Gasteiger partial charge in [0.1, 0.15) is 6.04 Å². The maximum absolute atomic E-state index is 11.8. The van der Waals surface area contributed by atoms with Gasteiger partial charge in [-0.05, 0) is 18.3 Å². The highest BCUT2D eigenvalue weighted by Gasteiger charge is 2.21. The number of aliphatic hydroxyl groups is 1. The topological polar surface area (TPSA) is 104 Å². The number of hydrogen-bond donors (Lipinski definition) is 4. The molecule has 0 radical (unpaired) electrons. The molecule has 2 unspecified atom stereocenters. The highest BCUT2D eigenvalue weighted by molar-refractivity contribution is 5.86. The summed E-state index contributed by atoms with van der Waals surface area (Å²) in [5.74, 6) is 0.00257. The van der Waals surface area contributed by atoms with E-state index >= 15 is 0 Å². The zero-order valence-electron chi connectivity index (χ0n) is 11.6. The van der Waals surface area contributed by atoms with Crippen molar-refractivity contribution in [3.63, 3.8) is 0 Å². The van der Waals surface area contributed by atoms with Crippen molar-refractivity contribution in [1.29, 1.82) is 0 Å². The molecular weight excluding hydrogens is 234 g/mol. The predicted octanol–water partition coefficient (Wildman–Crippen LogP) is 0.203. The molecular formula is C12H25N3O3. The van der Waals surface area contributed by atoms with Crippen LogP contribution in [0, 0.1) is 11.8 Å². The number of carbonyl (C=O) groups excluding carboxylic acids is 2. The zero-order chi connectivity index (χ0) is 14.3. The summed E-state index contributed by atoms with van der Waals surface area (Å²) in [6, 6.07) is -1.37. The van der Waals surface area contributed by atoms with E-state index in [0.29, 0.717) is 6.42 Å². The Bertz CT molecular complexity index is 280. The van der Waals surface area contributed by atoms with Crippen molar-refractivity contribution < 1.29 is 14.7 Å². The van der Waals surface area contributed by atoms with Crippen LogP contribution in [-0.4, -0.2) is 35.7 Å². The van der Waals surface area contributed by atoms with Gasteiger partial charge in [-0.3, -0.25) is 4.79 Å². The summed E-state index contributed by atoms with van der Waals surface area (Å²) >= 11 is 0. The van der Waals surface area contributed by atoms with Crippen molar-refractivity contribution in [3.05, 3.63) is 0 Å².